The van der Waals surface area contributed by atoms with Gasteiger partial charge in [-0.1, -0.05) is 0 Å². The van der Waals surface area contributed by atoms with E-state index in [0.29, 0.717) is 6.54 Å². The van der Waals surface area contributed by atoms with Gasteiger partial charge in [0.15, 0.2) is 0 Å². The first kappa shape index (κ1) is 16.8. The van der Waals surface area contributed by atoms with Crippen LogP contribution in [-0.4, -0.2) is 44.8 Å². The molecule has 7 nitrogen and oxygen atoms in total. The summed E-state index contributed by atoms with van der Waals surface area (Å²) in [7, 11) is 4.02. The SMILES string of the molecule is CN(Cc1ccco1)c1ncnc2c1CCN(Cc1cnn(C)c1)CC2. The molecule has 136 valence electrons. The fourth-order valence-electron chi connectivity index (χ4n) is 3.57. The second kappa shape index (κ2) is 7.29. The van der Waals surface area contributed by atoms with E-state index in [0.717, 1.165) is 49.7 Å². The normalized spacial score (nSPS) is 14.8. The first-order valence-corrected chi connectivity index (χ1v) is 8.95. The molecular weight excluding hydrogens is 328 g/mol. The van der Waals surface area contributed by atoms with E-state index in [4.69, 9.17) is 4.42 Å². The summed E-state index contributed by atoms with van der Waals surface area (Å²) in [6.45, 7) is 3.62. The van der Waals surface area contributed by atoms with E-state index in [-0.39, 0.29) is 0 Å². The lowest BCUT2D eigenvalue weighted by atomic mass is 10.1. The number of rotatable bonds is 5. The van der Waals surface area contributed by atoms with Gasteiger partial charge in [-0.15, -0.1) is 0 Å². The zero-order valence-corrected chi connectivity index (χ0v) is 15.3. The zero-order chi connectivity index (χ0) is 17.9. The third kappa shape index (κ3) is 3.62. The summed E-state index contributed by atoms with van der Waals surface area (Å²) in [6.07, 6.45) is 9.32. The van der Waals surface area contributed by atoms with E-state index >= 15 is 0 Å². The number of hydrogen-bond acceptors (Lipinski definition) is 6. The van der Waals surface area contributed by atoms with Crippen molar-refractivity contribution in [1.29, 1.82) is 0 Å². The standard InChI is InChI=1S/C19H24N6O/c1-23(13-16-4-3-9-26-16)19-17-5-7-25(8-6-18(17)20-14-21-19)12-15-10-22-24(2)11-15/h3-4,9-11,14H,5-8,12-13H2,1-2H3. The van der Waals surface area contributed by atoms with Crippen LogP contribution in [0.3, 0.4) is 0 Å². The number of aromatic nitrogens is 4. The van der Waals surface area contributed by atoms with Crippen molar-refractivity contribution in [2.45, 2.75) is 25.9 Å². The highest BCUT2D eigenvalue weighted by Crippen LogP contribution is 2.24. The molecule has 3 aromatic heterocycles. The molecule has 7 heteroatoms. The molecule has 0 bridgehead atoms. The minimum atomic E-state index is 0.704. The second-order valence-electron chi connectivity index (χ2n) is 6.86. The Kier molecular flexibility index (Phi) is 4.71. The molecule has 0 aliphatic carbocycles. The van der Waals surface area contributed by atoms with E-state index in [1.165, 1.54) is 11.1 Å². The summed E-state index contributed by atoms with van der Waals surface area (Å²) in [4.78, 5) is 13.7. The topological polar surface area (TPSA) is 63.2 Å². The largest absolute Gasteiger partial charge is 0.467 e. The molecule has 0 saturated heterocycles. The number of aryl methyl sites for hydroxylation is 1. The maximum atomic E-state index is 5.48. The first-order valence-electron chi connectivity index (χ1n) is 8.95. The van der Waals surface area contributed by atoms with Gasteiger partial charge >= 0.3 is 0 Å². The van der Waals surface area contributed by atoms with Crippen molar-refractivity contribution in [2.24, 2.45) is 7.05 Å². The van der Waals surface area contributed by atoms with Crippen molar-refractivity contribution in [3.05, 3.63) is 59.7 Å². The van der Waals surface area contributed by atoms with Crippen LogP contribution in [0.2, 0.25) is 0 Å². The van der Waals surface area contributed by atoms with Crippen molar-refractivity contribution in [2.75, 3.05) is 25.0 Å². The lowest BCUT2D eigenvalue weighted by Crippen LogP contribution is -2.26. The van der Waals surface area contributed by atoms with E-state index in [2.05, 4.69) is 38.1 Å². The average molecular weight is 352 g/mol. The average Bonchev–Trinajstić information content (AvgIpc) is 3.24. The van der Waals surface area contributed by atoms with Crippen LogP contribution in [0.25, 0.3) is 0 Å². The van der Waals surface area contributed by atoms with Gasteiger partial charge in [0.05, 0.1) is 24.7 Å². The van der Waals surface area contributed by atoms with Crippen LogP contribution in [0.15, 0.2) is 41.5 Å². The summed E-state index contributed by atoms with van der Waals surface area (Å²) < 4.78 is 7.33. The smallest absolute Gasteiger partial charge is 0.135 e. The van der Waals surface area contributed by atoms with Gasteiger partial charge < -0.3 is 9.32 Å². The van der Waals surface area contributed by atoms with Gasteiger partial charge in [0.25, 0.3) is 0 Å². The molecule has 0 radical (unpaired) electrons. The molecule has 0 amide bonds. The summed E-state index contributed by atoms with van der Waals surface area (Å²) in [5.74, 6) is 1.95. The zero-order valence-electron chi connectivity index (χ0n) is 15.3. The van der Waals surface area contributed by atoms with Crippen LogP contribution in [0.4, 0.5) is 5.82 Å². The Morgan fingerprint density at radius 3 is 2.88 bits per heavy atom. The van der Waals surface area contributed by atoms with Gasteiger partial charge in [0, 0.05) is 57.5 Å². The number of fused-ring (bicyclic) bond motifs is 1. The van der Waals surface area contributed by atoms with Crippen molar-refractivity contribution in [3.63, 3.8) is 0 Å². The van der Waals surface area contributed by atoms with Crippen molar-refractivity contribution in [3.8, 4) is 0 Å². The molecular formula is C19H24N6O. The highest BCUT2D eigenvalue weighted by molar-refractivity contribution is 5.48. The Hall–Kier alpha value is -2.67. The van der Waals surface area contributed by atoms with Gasteiger partial charge in [-0.25, -0.2) is 9.97 Å². The van der Waals surface area contributed by atoms with Gasteiger partial charge in [-0.3, -0.25) is 9.58 Å². The summed E-state index contributed by atoms with van der Waals surface area (Å²) in [6, 6.07) is 3.91. The number of nitrogens with zero attached hydrogens (tertiary/aromatic N) is 6. The Morgan fingerprint density at radius 1 is 1.23 bits per heavy atom. The second-order valence-corrected chi connectivity index (χ2v) is 6.86. The molecule has 0 fully saturated rings. The Balaban J connectivity index is 1.49. The number of anilines is 1. The van der Waals surface area contributed by atoms with Crippen molar-refractivity contribution < 1.29 is 4.42 Å². The van der Waals surface area contributed by atoms with Gasteiger partial charge in [-0.05, 0) is 18.6 Å². The minimum absolute atomic E-state index is 0.704. The Bertz CT molecular complexity index is 857. The molecule has 1 aliphatic heterocycles. The van der Waals surface area contributed by atoms with E-state index < -0.39 is 0 Å². The van der Waals surface area contributed by atoms with E-state index in [1.807, 2.05) is 30.1 Å². The summed E-state index contributed by atoms with van der Waals surface area (Å²) in [5.41, 5.74) is 3.67. The van der Waals surface area contributed by atoms with Crippen LogP contribution in [0, 0.1) is 0 Å². The summed E-state index contributed by atoms with van der Waals surface area (Å²) in [5, 5.41) is 4.27. The molecule has 26 heavy (non-hydrogen) atoms. The predicted molar refractivity (Wildman–Crippen MR) is 98.7 cm³/mol. The van der Waals surface area contributed by atoms with Gasteiger partial charge in [-0.2, -0.15) is 5.10 Å². The molecule has 0 N–H and O–H groups in total. The minimum Gasteiger partial charge on any atom is -0.467 e. The van der Waals surface area contributed by atoms with Crippen LogP contribution < -0.4 is 4.90 Å². The third-order valence-corrected chi connectivity index (χ3v) is 4.85. The van der Waals surface area contributed by atoms with Crippen LogP contribution >= 0.6 is 0 Å². The van der Waals surface area contributed by atoms with Crippen LogP contribution in [-0.2, 0) is 33.0 Å². The maximum Gasteiger partial charge on any atom is 0.135 e. The number of furan rings is 1. The number of hydrogen-bond donors (Lipinski definition) is 0. The van der Waals surface area contributed by atoms with Gasteiger partial charge in [0.1, 0.15) is 17.9 Å². The predicted octanol–water partition coefficient (Wildman–Crippen LogP) is 2.04. The van der Waals surface area contributed by atoms with Crippen molar-refractivity contribution >= 4 is 5.82 Å². The molecule has 4 heterocycles. The lowest BCUT2D eigenvalue weighted by Gasteiger charge is -2.21. The fraction of sp³-hybridized carbons (Fsp3) is 0.421. The molecule has 0 aromatic carbocycles. The first-order chi connectivity index (χ1) is 12.7. The maximum absolute atomic E-state index is 5.48. The molecule has 3 aromatic rings. The quantitative estimate of drug-likeness (QED) is 0.700. The van der Waals surface area contributed by atoms with E-state index in [1.54, 1.807) is 12.6 Å². The van der Waals surface area contributed by atoms with Crippen LogP contribution in [0.5, 0.6) is 0 Å². The molecule has 0 atom stereocenters. The van der Waals surface area contributed by atoms with Crippen molar-refractivity contribution in [1.82, 2.24) is 24.6 Å². The van der Waals surface area contributed by atoms with E-state index in [9.17, 15) is 0 Å². The van der Waals surface area contributed by atoms with Crippen LogP contribution in [0.1, 0.15) is 22.6 Å². The molecule has 0 unspecified atom stereocenters. The molecule has 0 spiro atoms. The molecule has 4 rings (SSSR count). The monoisotopic (exact) mass is 352 g/mol. The Labute approximate surface area is 153 Å². The highest BCUT2D eigenvalue weighted by Gasteiger charge is 2.21. The molecule has 1 aliphatic rings. The fourth-order valence-corrected chi connectivity index (χ4v) is 3.57. The lowest BCUT2D eigenvalue weighted by molar-refractivity contribution is 0.279. The highest BCUT2D eigenvalue weighted by atomic mass is 16.3. The third-order valence-electron chi connectivity index (χ3n) is 4.85. The Morgan fingerprint density at radius 2 is 2.12 bits per heavy atom. The summed E-state index contributed by atoms with van der Waals surface area (Å²) >= 11 is 0. The molecule has 0 saturated carbocycles. The van der Waals surface area contributed by atoms with Gasteiger partial charge in [0.2, 0.25) is 0 Å².